The molecule has 1 N–H and O–H groups in total. The predicted molar refractivity (Wildman–Crippen MR) is 74.1 cm³/mol. The molecule has 1 saturated carbocycles. The highest BCUT2D eigenvalue weighted by atomic mass is 32.1. The summed E-state index contributed by atoms with van der Waals surface area (Å²) < 4.78 is 0. The molecule has 0 atom stereocenters. The van der Waals surface area contributed by atoms with Crippen molar-refractivity contribution in [3.63, 3.8) is 0 Å². The summed E-state index contributed by atoms with van der Waals surface area (Å²) in [7, 11) is 0. The summed E-state index contributed by atoms with van der Waals surface area (Å²) in [6.07, 6.45) is 5.69. The molecule has 1 fully saturated rings. The lowest BCUT2D eigenvalue weighted by Crippen LogP contribution is -2.12. The van der Waals surface area contributed by atoms with Crippen LogP contribution in [0.25, 0.3) is 0 Å². The molecule has 5 heteroatoms. The fraction of sp³-hybridized carbons (Fsp3) is 0.643. The maximum Gasteiger partial charge on any atom is 0.356 e. The van der Waals surface area contributed by atoms with Crippen molar-refractivity contribution in [3.05, 3.63) is 15.6 Å². The first kappa shape index (κ1) is 14.2. The molecule has 1 aliphatic rings. The molecule has 0 aliphatic heterocycles. The molecule has 0 unspecified atom stereocenters. The monoisotopic (exact) mass is 281 g/mol. The van der Waals surface area contributed by atoms with Gasteiger partial charge in [-0.3, -0.25) is 4.79 Å². The van der Waals surface area contributed by atoms with E-state index in [0.29, 0.717) is 10.8 Å². The molecule has 1 aromatic heterocycles. The number of nitrogens with zero attached hydrogens (tertiary/aromatic N) is 1. The third-order valence-electron chi connectivity index (χ3n) is 3.94. The summed E-state index contributed by atoms with van der Waals surface area (Å²) in [6, 6.07) is 0. The van der Waals surface area contributed by atoms with Gasteiger partial charge in [0.05, 0.1) is 5.01 Å². The molecule has 1 aromatic rings. The number of hydrogen-bond donors (Lipinski definition) is 1. The first-order valence-electron chi connectivity index (χ1n) is 6.77. The second-order valence-electron chi connectivity index (χ2n) is 5.22. The van der Waals surface area contributed by atoms with Gasteiger partial charge in [0.1, 0.15) is 4.88 Å². The molecule has 0 amide bonds. The van der Waals surface area contributed by atoms with E-state index in [-0.39, 0.29) is 11.5 Å². The van der Waals surface area contributed by atoms with Crippen LogP contribution < -0.4 is 0 Å². The van der Waals surface area contributed by atoms with E-state index in [9.17, 15) is 9.59 Å². The third-order valence-corrected chi connectivity index (χ3v) is 5.26. The minimum Gasteiger partial charge on any atom is -0.476 e. The highest BCUT2D eigenvalue weighted by Crippen LogP contribution is 2.39. The molecule has 19 heavy (non-hydrogen) atoms. The number of aromatic nitrogens is 1. The number of rotatable bonds is 4. The number of carboxylic acids is 1. The number of carboxylic acid groups (broad SMARTS) is 1. The van der Waals surface area contributed by atoms with Crippen LogP contribution in [0.2, 0.25) is 0 Å². The summed E-state index contributed by atoms with van der Waals surface area (Å²) in [5, 5.41) is 9.93. The van der Waals surface area contributed by atoms with Gasteiger partial charge in [0.15, 0.2) is 11.5 Å². The van der Waals surface area contributed by atoms with Crippen molar-refractivity contribution in [2.45, 2.75) is 51.9 Å². The lowest BCUT2D eigenvalue weighted by atomic mass is 9.81. The Kier molecular flexibility index (Phi) is 4.34. The fourth-order valence-corrected chi connectivity index (χ4v) is 3.83. The topological polar surface area (TPSA) is 67.3 Å². The van der Waals surface area contributed by atoms with Crippen LogP contribution in [0.4, 0.5) is 0 Å². The smallest absolute Gasteiger partial charge is 0.356 e. The molecule has 1 heterocycles. The van der Waals surface area contributed by atoms with E-state index in [2.05, 4.69) is 11.9 Å². The van der Waals surface area contributed by atoms with Gasteiger partial charge in [0.2, 0.25) is 0 Å². The molecule has 0 bridgehead atoms. The van der Waals surface area contributed by atoms with Crippen LogP contribution >= 0.6 is 11.3 Å². The maximum atomic E-state index is 11.5. The minimum atomic E-state index is -1.10. The summed E-state index contributed by atoms with van der Waals surface area (Å²) in [4.78, 5) is 27.1. The fourth-order valence-electron chi connectivity index (χ4n) is 2.71. The van der Waals surface area contributed by atoms with Crippen molar-refractivity contribution in [1.29, 1.82) is 0 Å². The van der Waals surface area contributed by atoms with Gasteiger partial charge in [0, 0.05) is 12.8 Å². The van der Waals surface area contributed by atoms with E-state index >= 15 is 0 Å². The van der Waals surface area contributed by atoms with Gasteiger partial charge in [-0.05, 0) is 31.6 Å². The normalized spacial score (nSPS) is 23.3. The van der Waals surface area contributed by atoms with Gasteiger partial charge in [-0.25, -0.2) is 9.78 Å². The Morgan fingerprint density at radius 2 is 1.95 bits per heavy atom. The highest BCUT2D eigenvalue weighted by molar-refractivity contribution is 7.14. The number of Topliss-reactive ketones (excluding diaryl/α,β-unsaturated/α-hetero) is 1. The van der Waals surface area contributed by atoms with E-state index in [1.165, 1.54) is 37.5 Å². The third kappa shape index (κ3) is 3.03. The van der Waals surface area contributed by atoms with E-state index in [1.54, 1.807) is 0 Å². The molecular weight excluding hydrogens is 262 g/mol. The second kappa shape index (κ2) is 5.82. The molecule has 0 spiro atoms. The Morgan fingerprint density at radius 3 is 2.37 bits per heavy atom. The molecule has 0 saturated heterocycles. The Morgan fingerprint density at radius 1 is 1.32 bits per heavy atom. The number of aromatic carboxylic acids is 1. The lowest BCUT2D eigenvalue weighted by molar-refractivity contribution is 0.0686. The zero-order valence-electron chi connectivity index (χ0n) is 11.3. The van der Waals surface area contributed by atoms with Crippen molar-refractivity contribution in [2.75, 3.05) is 0 Å². The largest absolute Gasteiger partial charge is 0.476 e. The van der Waals surface area contributed by atoms with Crippen molar-refractivity contribution < 1.29 is 14.7 Å². The van der Waals surface area contributed by atoms with Crippen LogP contribution in [0.1, 0.15) is 77.0 Å². The molecule has 0 aromatic carbocycles. The SMILES string of the molecule is CCC1CCC(c2nc(C(=O)O)c(C(C)=O)s2)CC1. The standard InChI is InChI=1S/C14H19NO3S/c1-3-9-4-6-10(7-5-9)13-15-11(14(17)18)12(19-13)8(2)16/h9-10H,3-7H2,1-2H3,(H,17,18). The average molecular weight is 281 g/mol. The van der Waals surface area contributed by atoms with Crippen LogP contribution in [0, 0.1) is 5.92 Å². The highest BCUT2D eigenvalue weighted by Gasteiger charge is 2.27. The zero-order valence-corrected chi connectivity index (χ0v) is 12.1. The van der Waals surface area contributed by atoms with E-state index < -0.39 is 5.97 Å². The van der Waals surface area contributed by atoms with Gasteiger partial charge < -0.3 is 5.11 Å². The molecule has 104 valence electrons. The van der Waals surface area contributed by atoms with Crippen molar-refractivity contribution in [3.8, 4) is 0 Å². The number of ketones is 1. The Balaban J connectivity index is 2.20. The van der Waals surface area contributed by atoms with E-state index in [4.69, 9.17) is 5.11 Å². The Labute approximate surface area is 116 Å². The first-order chi connectivity index (χ1) is 9.02. The Bertz CT molecular complexity index is 455. The maximum absolute atomic E-state index is 11.5. The molecule has 4 nitrogen and oxygen atoms in total. The van der Waals surface area contributed by atoms with Crippen LogP contribution in [-0.4, -0.2) is 21.8 Å². The van der Waals surface area contributed by atoms with E-state index in [0.717, 1.165) is 23.8 Å². The van der Waals surface area contributed by atoms with Crippen LogP contribution in [0.15, 0.2) is 0 Å². The summed E-state index contributed by atoms with van der Waals surface area (Å²) in [5.74, 6) is -0.181. The van der Waals surface area contributed by atoms with Gasteiger partial charge in [-0.15, -0.1) is 11.3 Å². The summed E-state index contributed by atoms with van der Waals surface area (Å²) >= 11 is 1.27. The van der Waals surface area contributed by atoms with Crippen molar-refractivity contribution in [2.24, 2.45) is 5.92 Å². The van der Waals surface area contributed by atoms with Gasteiger partial charge in [-0.1, -0.05) is 13.3 Å². The quantitative estimate of drug-likeness (QED) is 0.854. The van der Waals surface area contributed by atoms with Crippen molar-refractivity contribution in [1.82, 2.24) is 4.98 Å². The second-order valence-corrected chi connectivity index (χ2v) is 6.25. The predicted octanol–water partition coefficient (Wildman–Crippen LogP) is 3.73. The van der Waals surface area contributed by atoms with E-state index in [1.807, 2.05) is 0 Å². The van der Waals surface area contributed by atoms with Crippen LogP contribution in [0.5, 0.6) is 0 Å². The minimum absolute atomic E-state index is 0.0647. The van der Waals surface area contributed by atoms with Crippen LogP contribution in [0.3, 0.4) is 0 Å². The Hall–Kier alpha value is -1.23. The zero-order chi connectivity index (χ0) is 14.0. The lowest BCUT2D eigenvalue weighted by Gasteiger charge is -2.26. The molecule has 2 rings (SSSR count). The van der Waals surface area contributed by atoms with Gasteiger partial charge in [0.25, 0.3) is 0 Å². The number of carbonyl (C=O) groups excluding carboxylic acids is 1. The number of thiazole rings is 1. The summed E-state index contributed by atoms with van der Waals surface area (Å²) in [6.45, 7) is 3.61. The average Bonchev–Trinajstić information content (AvgIpc) is 2.84. The number of carbonyl (C=O) groups is 2. The molecular formula is C14H19NO3S. The summed E-state index contributed by atoms with van der Waals surface area (Å²) in [5.41, 5.74) is -0.0647. The first-order valence-corrected chi connectivity index (χ1v) is 7.59. The van der Waals surface area contributed by atoms with Gasteiger partial charge >= 0.3 is 5.97 Å². The number of hydrogen-bond acceptors (Lipinski definition) is 4. The molecule has 0 radical (unpaired) electrons. The van der Waals surface area contributed by atoms with Gasteiger partial charge in [-0.2, -0.15) is 0 Å². The van der Waals surface area contributed by atoms with Crippen LogP contribution in [-0.2, 0) is 0 Å². The van der Waals surface area contributed by atoms with Crippen molar-refractivity contribution >= 4 is 23.1 Å². The molecule has 1 aliphatic carbocycles.